The van der Waals surface area contributed by atoms with Gasteiger partial charge < -0.3 is 15.7 Å². The molecule has 1 atom stereocenters. The summed E-state index contributed by atoms with van der Waals surface area (Å²) >= 11 is 0. The molecule has 0 unspecified atom stereocenters. The number of rotatable bonds is 7. The maximum Gasteiger partial charge on any atom is 0.267 e. The molecule has 2 amide bonds. The van der Waals surface area contributed by atoms with Gasteiger partial charge in [0.15, 0.2) is 11.6 Å². The minimum Gasteiger partial charge on any atom is -0.380 e. The summed E-state index contributed by atoms with van der Waals surface area (Å²) in [4.78, 5) is 32.7. The molecule has 31 heavy (non-hydrogen) atoms. The normalized spacial score (nSPS) is 11.3. The molecule has 0 fully saturated rings. The molecule has 1 aromatic carbocycles. The lowest BCUT2D eigenvalue weighted by atomic mass is 10.1. The predicted octanol–water partition coefficient (Wildman–Crippen LogP) is 0.927. The molecule has 3 aromatic rings. The van der Waals surface area contributed by atoms with Gasteiger partial charge in [-0.1, -0.05) is 24.0 Å². The second-order valence-electron chi connectivity index (χ2n) is 6.92. The van der Waals surface area contributed by atoms with Crippen LogP contribution in [0, 0.1) is 18.8 Å². The van der Waals surface area contributed by atoms with Gasteiger partial charge in [0, 0.05) is 49.1 Å². The van der Waals surface area contributed by atoms with E-state index < -0.39 is 12.0 Å². The summed E-state index contributed by atoms with van der Waals surface area (Å²) in [7, 11) is 1.63. The number of primary amides is 1. The molecule has 0 radical (unpaired) electrons. The number of aryl methyl sites for hydroxylation is 1. The maximum absolute atomic E-state index is 11.8. The smallest absolute Gasteiger partial charge is 0.267 e. The zero-order chi connectivity index (χ0) is 22.4. The van der Waals surface area contributed by atoms with Crippen molar-refractivity contribution in [2.45, 2.75) is 19.4 Å². The van der Waals surface area contributed by atoms with Crippen LogP contribution in [0.4, 0.5) is 0 Å². The van der Waals surface area contributed by atoms with Gasteiger partial charge in [-0.15, -0.1) is 0 Å². The molecular weight excluding hydrogens is 396 g/mol. The van der Waals surface area contributed by atoms with Gasteiger partial charge in [0.05, 0.1) is 0 Å². The summed E-state index contributed by atoms with van der Waals surface area (Å²) in [5.74, 6) is 5.73. The largest absolute Gasteiger partial charge is 0.380 e. The Kier molecular flexibility index (Phi) is 6.74. The van der Waals surface area contributed by atoms with Crippen LogP contribution in [-0.4, -0.2) is 61.8 Å². The Bertz CT molecular complexity index is 1160. The molecule has 0 saturated heterocycles. The Morgan fingerprint density at radius 1 is 1.32 bits per heavy atom. The van der Waals surface area contributed by atoms with Gasteiger partial charge in [0.25, 0.3) is 5.91 Å². The van der Waals surface area contributed by atoms with Gasteiger partial charge in [-0.05, 0) is 25.1 Å². The number of amides is 2. The number of nitrogens with zero attached hydrogens (tertiary/aromatic N) is 5. The summed E-state index contributed by atoms with van der Waals surface area (Å²) in [6.07, 6.45) is 1.81. The first-order valence-corrected chi connectivity index (χ1v) is 9.53. The molecule has 3 N–H and O–H groups in total. The van der Waals surface area contributed by atoms with Gasteiger partial charge in [-0.3, -0.25) is 9.59 Å². The molecular formula is C22H22N6O3. The third kappa shape index (κ3) is 5.52. The molecule has 0 aliphatic heterocycles. The zero-order valence-electron chi connectivity index (χ0n) is 17.2. The van der Waals surface area contributed by atoms with E-state index in [9.17, 15) is 14.7 Å². The number of aromatic nitrogens is 4. The van der Waals surface area contributed by atoms with E-state index in [4.69, 9.17) is 5.73 Å². The highest BCUT2D eigenvalue weighted by Crippen LogP contribution is 2.19. The SMILES string of the molecule is Cc1ccnn1-c1cc(C(N)=O)nc(-c2cccc(C#C[C@H](O)CCN(C)C=O)c2)n1. The lowest BCUT2D eigenvalue weighted by molar-refractivity contribution is -0.117. The van der Waals surface area contributed by atoms with E-state index in [-0.39, 0.29) is 5.69 Å². The maximum atomic E-state index is 11.8. The standard InChI is InChI=1S/C22H22N6O3/c1-15-8-10-24-28(15)20-13-19(21(23)31)25-22(26-20)17-5-3-4-16(12-17)6-7-18(30)9-11-27(2)14-29/h3-5,8,10,12-14,18,30H,9,11H2,1-2H3,(H2,23,31)/t18-/m0/s1. The quantitative estimate of drug-likeness (QED) is 0.434. The fourth-order valence-electron chi connectivity index (χ4n) is 2.76. The predicted molar refractivity (Wildman–Crippen MR) is 114 cm³/mol. The highest BCUT2D eigenvalue weighted by molar-refractivity contribution is 5.91. The molecule has 2 heterocycles. The Morgan fingerprint density at radius 2 is 2.13 bits per heavy atom. The number of aliphatic hydroxyl groups is 1. The first-order chi connectivity index (χ1) is 14.9. The van der Waals surface area contributed by atoms with Crippen molar-refractivity contribution in [3.8, 4) is 29.0 Å². The van der Waals surface area contributed by atoms with E-state index in [1.807, 2.05) is 13.0 Å². The van der Waals surface area contributed by atoms with Crippen LogP contribution < -0.4 is 5.73 Å². The van der Waals surface area contributed by atoms with Crippen LogP contribution in [0.25, 0.3) is 17.2 Å². The second-order valence-corrected chi connectivity index (χ2v) is 6.92. The summed E-state index contributed by atoms with van der Waals surface area (Å²) in [6.45, 7) is 2.27. The molecule has 0 spiro atoms. The van der Waals surface area contributed by atoms with Gasteiger partial charge >= 0.3 is 0 Å². The van der Waals surface area contributed by atoms with Gasteiger partial charge in [-0.2, -0.15) is 5.10 Å². The second kappa shape index (κ2) is 9.65. The van der Waals surface area contributed by atoms with E-state index in [1.165, 1.54) is 11.0 Å². The fraction of sp³-hybridized carbons (Fsp3) is 0.227. The highest BCUT2D eigenvalue weighted by Gasteiger charge is 2.13. The van der Waals surface area contributed by atoms with Crippen molar-refractivity contribution in [1.29, 1.82) is 0 Å². The highest BCUT2D eigenvalue weighted by atomic mass is 16.3. The van der Waals surface area contributed by atoms with Crippen molar-refractivity contribution in [1.82, 2.24) is 24.6 Å². The molecule has 2 aromatic heterocycles. The number of aliphatic hydroxyl groups excluding tert-OH is 1. The number of benzene rings is 1. The average molecular weight is 418 g/mol. The van der Waals surface area contributed by atoms with Crippen molar-refractivity contribution < 1.29 is 14.7 Å². The summed E-state index contributed by atoms with van der Waals surface area (Å²) < 4.78 is 1.59. The van der Waals surface area contributed by atoms with E-state index >= 15 is 0 Å². The average Bonchev–Trinajstić information content (AvgIpc) is 3.21. The third-order valence-corrected chi connectivity index (χ3v) is 4.45. The van der Waals surface area contributed by atoms with Gasteiger partial charge in [-0.25, -0.2) is 14.6 Å². The number of hydrogen-bond donors (Lipinski definition) is 2. The van der Waals surface area contributed by atoms with E-state index in [0.717, 1.165) is 5.69 Å². The van der Waals surface area contributed by atoms with Crippen molar-refractivity contribution in [3.63, 3.8) is 0 Å². The number of carbonyl (C=O) groups is 2. The molecule has 0 saturated carbocycles. The monoisotopic (exact) mass is 418 g/mol. The number of nitrogens with two attached hydrogens (primary N) is 1. The van der Waals surface area contributed by atoms with Crippen LogP contribution in [0.2, 0.25) is 0 Å². The van der Waals surface area contributed by atoms with Crippen LogP contribution in [0.3, 0.4) is 0 Å². The first kappa shape index (κ1) is 21.7. The van der Waals surface area contributed by atoms with E-state index in [1.54, 1.807) is 42.2 Å². The van der Waals surface area contributed by atoms with Crippen LogP contribution in [-0.2, 0) is 4.79 Å². The van der Waals surface area contributed by atoms with Crippen LogP contribution in [0.1, 0.15) is 28.2 Å². The Morgan fingerprint density at radius 3 is 2.81 bits per heavy atom. The molecule has 0 aliphatic rings. The van der Waals surface area contributed by atoms with Gasteiger partial charge in [0.1, 0.15) is 11.8 Å². The number of carbonyl (C=O) groups excluding carboxylic acids is 2. The zero-order valence-corrected chi connectivity index (χ0v) is 17.2. The van der Waals surface area contributed by atoms with Crippen molar-refractivity contribution in [2.75, 3.05) is 13.6 Å². The Hall–Kier alpha value is -4.03. The molecule has 158 valence electrons. The lowest BCUT2D eigenvalue weighted by Gasteiger charge is -2.10. The Balaban J connectivity index is 1.91. The minimum atomic E-state index is -0.866. The van der Waals surface area contributed by atoms with Crippen molar-refractivity contribution in [2.24, 2.45) is 5.73 Å². The van der Waals surface area contributed by atoms with Crippen molar-refractivity contribution >= 4 is 12.3 Å². The molecule has 9 nitrogen and oxygen atoms in total. The van der Waals surface area contributed by atoms with Crippen LogP contribution in [0.15, 0.2) is 42.6 Å². The van der Waals surface area contributed by atoms with Gasteiger partial charge in [0.2, 0.25) is 6.41 Å². The number of hydrogen-bond acceptors (Lipinski definition) is 6. The topological polar surface area (TPSA) is 127 Å². The summed E-state index contributed by atoms with van der Waals surface area (Å²) in [6, 6.07) is 10.4. The van der Waals surface area contributed by atoms with Crippen molar-refractivity contribution in [3.05, 3.63) is 59.5 Å². The molecule has 9 heteroatoms. The molecule has 0 aliphatic carbocycles. The fourth-order valence-corrected chi connectivity index (χ4v) is 2.76. The van der Waals surface area contributed by atoms with Crippen LogP contribution >= 0.6 is 0 Å². The van der Waals surface area contributed by atoms with E-state index in [0.29, 0.717) is 42.1 Å². The lowest BCUT2D eigenvalue weighted by Crippen LogP contribution is -2.21. The summed E-state index contributed by atoms with van der Waals surface area (Å²) in [5, 5.41) is 14.2. The molecule has 3 rings (SSSR count). The first-order valence-electron chi connectivity index (χ1n) is 9.53. The molecule has 0 bridgehead atoms. The van der Waals surface area contributed by atoms with Crippen LogP contribution in [0.5, 0.6) is 0 Å². The minimum absolute atomic E-state index is 0.0705. The third-order valence-electron chi connectivity index (χ3n) is 4.45. The van der Waals surface area contributed by atoms with E-state index in [2.05, 4.69) is 26.9 Å². The summed E-state index contributed by atoms with van der Waals surface area (Å²) in [5.41, 5.74) is 7.65. The Labute approximate surface area is 179 Å².